The van der Waals surface area contributed by atoms with Crippen molar-refractivity contribution in [3.8, 4) is 56.4 Å². The van der Waals surface area contributed by atoms with Crippen LogP contribution in [0.5, 0.6) is 0 Å². The van der Waals surface area contributed by atoms with Crippen LogP contribution < -0.4 is 0 Å². The molecule has 0 amide bonds. The second kappa shape index (κ2) is 12.1. The fourth-order valence-corrected chi connectivity index (χ4v) is 7.75. The average Bonchev–Trinajstić information content (AvgIpc) is 3.82. The predicted octanol–water partition coefficient (Wildman–Crippen LogP) is 13.2. The summed E-state index contributed by atoms with van der Waals surface area (Å²) < 4.78 is 13.0. The molecule has 54 heavy (non-hydrogen) atoms. The molecule has 8 aromatic carbocycles. The van der Waals surface area contributed by atoms with E-state index < -0.39 is 0 Å². The van der Waals surface area contributed by atoms with Crippen molar-refractivity contribution < 1.29 is 8.83 Å². The van der Waals surface area contributed by atoms with E-state index in [0.717, 1.165) is 93.6 Å². The van der Waals surface area contributed by atoms with Crippen molar-refractivity contribution in [3.63, 3.8) is 0 Å². The molecule has 0 radical (unpaired) electrons. The van der Waals surface area contributed by atoms with E-state index in [1.165, 1.54) is 0 Å². The molecule has 0 bridgehead atoms. The van der Waals surface area contributed by atoms with Crippen LogP contribution in [-0.4, -0.2) is 15.0 Å². The molecule has 0 N–H and O–H groups in total. The molecule has 5 nitrogen and oxygen atoms in total. The molecule has 0 atom stereocenters. The summed E-state index contributed by atoms with van der Waals surface area (Å²) in [5.41, 5.74) is 10.4. The Morgan fingerprint density at radius 2 is 0.870 bits per heavy atom. The largest absolute Gasteiger partial charge is 0.456 e. The van der Waals surface area contributed by atoms with Gasteiger partial charge < -0.3 is 8.83 Å². The molecule has 0 aliphatic heterocycles. The van der Waals surface area contributed by atoms with Crippen LogP contribution in [0.2, 0.25) is 0 Å². The van der Waals surface area contributed by atoms with Gasteiger partial charge in [-0.05, 0) is 58.0 Å². The Labute approximate surface area is 309 Å². The highest BCUT2D eigenvalue weighted by atomic mass is 16.3. The molecule has 3 aromatic heterocycles. The van der Waals surface area contributed by atoms with E-state index in [9.17, 15) is 0 Å². The molecular weight excluding hydrogens is 663 g/mol. The van der Waals surface area contributed by atoms with Crippen molar-refractivity contribution in [3.05, 3.63) is 176 Å². The number of aromatic nitrogens is 3. The molecule has 0 spiro atoms. The van der Waals surface area contributed by atoms with Gasteiger partial charge in [-0.15, -0.1) is 0 Å². The van der Waals surface area contributed by atoms with Gasteiger partial charge in [-0.25, -0.2) is 15.0 Å². The van der Waals surface area contributed by atoms with Gasteiger partial charge in [0.1, 0.15) is 22.3 Å². The van der Waals surface area contributed by atoms with Gasteiger partial charge in [0.2, 0.25) is 0 Å². The summed E-state index contributed by atoms with van der Waals surface area (Å²) in [6, 6.07) is 60.4. The first-order chi connectivity index (χ1) is 26.7. The standard InChI is InChI=1S/C49H29N3O2/c1-3-12-30(13-4-1)31-22-24-33(25-23-31)47-50-48(34-26-27-37-36-17-9-10-20-42(36)53-44(37)28-34)52-49(51-47)39-19-11-21-43-45(39)41-29-40(32-14-5-2-6-15-32)35-16-7-8-18-38(35)46(41)54-43/h1-29H. The van der Waals surface area contributed by atoms with E-state index in [0.29, 0.717) is 17.5 Å². The first kappa shape index (κ1) is 30.3. The quantitative estimate of drug-likeness (QED) is 0.180. The van der Waals surface area contributed by atoms with Crippen molar-refractivity contribution in [2.24, 2.45) is 0 Å². The van der Waals surface area contributed by atoms with E-state index in [4.69, 9.17) is 23.8 Å². The lowest BCUT2D eigenvalue weighted by Gasteiger charge is -2.11. The zero-order chi connectivity index (χ0) is 35.6. The number of para-hydroxylation sites is 1. The Hall–Kier alpha value is -7.37. The summed E-state index contributed by atoms with van der Waals surface area (Å²) in [6.07, 6.45) is 0. The SMILES string of the molecule is c1ccc(-c2ccc(-c3nc(-c4ccc5c(c4)oc4ccccc45)nc(-c4cccc5oc6c7ccccc7c(-c7ccccc7)cc6c45)n3)cc2)cc1. The summed E-state index contributed by atoms with van der Waals surface area (Å²) in [6.45, 7) is 0. The molecule has 5 heteroatoms. The topological polar surface area (TPSA) is 65.0 Å². The number of hydrogen-bond donors (Lipinski definition) is 0. The summed E-state index contributed by atoms with van der Waals surface area (Å²) in [4.78, 5) is 15.5. The third kappa shape index (κ3) is 4.90. The van der Waals surface area contributed by atoms with E-state index in [1.807, 2.05) is 48.5 Å². The minimum absolute atomic E-state index is 0.560. The summed E-state index contributed by atoms with van der Waals surface area (Å²) in [5.74, 6) is 1.71. The molecule has 0 aliphatic carbocycles. The Bertz CT molecular complexity index is 3200. The lowest BCUT2D eigenvalue weighted by atomic mass is 9.94. The van der Waals surface area contributed by atoms with Gasteiger partial charge in [-0.1, -0.05) is 146 Å². The number of rotatable bonds is 5. The second-order valence-electron chi connectivity index (χ2n) is 13.6. The highest BCUT2D eigenvalue weighted by Crippen LogP contribution is 2.43. The van der Waals surface area contributed by atoms with Crippen LogP contribution in [0.4, 0.5) is 0 Å². The zero-order valence-corrected chi connectivity index (χ0v) is 28.9. The summed E-state index contributed by atoms with van der Waals surface area (Å²) >= 11 is 0. The zero-order valence-electron chi connectivity index (χ0n) is 28.9. The molecule has 0 aliphatic rings. The Morgan fingerprint density at radius 1 is 0.296 bits per heavy atom. The second-order valence-corrected chi connectivity index (χ2v) is 13.6. The van der Waals surface area contributed by atoms with Crippen LogP contribution in [0.1, 0.15) is 0 Å². The van der Waals surface area contributed by atoms with Gasteiger partial charge in [0, 0.05) is 43.6 Å². The minimum Gasteiger partial charge on any atom is -0.456 e. The molecule has 0 saturated heterocycles. The van der Waals surface area contributed by atoms with Crippen LogP contribution >= 0.6 is 0 Å². The van der Waals surface area contributed by atoms with Crippen LogP contribution in [0.15, 0.2) is 185 Å². The number of furan rings is 2. The van der Waals surface area contributed by atoms with Crippen LogP contribution in [0, 0.1) is 0 Å². The molecule has 3 heterocycles. The maximum Gasteiger partial charge on any atom is 0.164 e. The molecule has 0 unspecified atom stereocenters. The van der Waals surface area contributed by atoms with Gasteiger partial charge in [0.25, 0.3) is 0 Å². The van der Waals surface area contributed by atoms with Crippen molar-refractivity contribution in [1.82, 2.24) is 15.0 Å². The average molecular weight is 692 g/mol. The monoisotopic (exact) mass is 691 g/mol. The fourth-order valence-electron chi connectivity index (χ4n) is 7.75. The Kier molecular flexibility index (Phi) is 6.79. The lowest BCUT2D eigenvalue weighted by molar-refractivity contribution is 0.669. The molecule has 11 rings (SSSR count). The number of benzene rings is 8. The third-order valence-electron chi connectivity index (χ3n) is 10.4. The Morgan fingerprint density at radius 3 is 1.67 bits per heavy atom. The maximum absolute atomic E-state index is 6.70. The van der Waals surface area contributed by atoms with Crippen molar-refractivity contribution in [1.29, 1.82) is 0 Å². The number of nitrogens with zero attached hydrogens (tertiary/aromatic N) is 3. The molecule has 0 fully saturated rings. The highest BCUT2D eigenvalue weighted by molar-refractivity contribution is 6.22. The van der Waals surface area contributed by atoms with E-state index in [1.54, 1.807) is 0 Å². The highest BCUT2D eigenvalue weighted by Gasteiger charge is 2.21. The smallest absolute Gasteiger partial charge is 0.164 e. The fraction of sp³-hybridized carbons (Fsp3) is 0. The van der Waals surface area contributed by atoms with Crippen LogP contribution in [0.25, 0.3) is 111 Å². The van der Waals surface area contributed by atoms with Gasteiger partial charge in [-0.3, -0.25) is 0 Å². The van der Waals surface area contributed by atoms with Crippen molar-refractivity contribution in [2.75, 3.05) is 0 Å². The molecule has 252 valence electrons. The van der Waals surface area contributed by atoms with Crippen molar-refractivity contribution in [2.45, 2.75) is 0 Å². The maximum atomic E-state index is 6.70. The number of hydrogen-bond acceptors (Lipinski definition) is 5. The molecular formula is C49H29N3O2. The first-order valence-electron chi connectivity index (χ1n) is 18.0. The van der Waals surface area contributed by atoms with E-state index in [-0.39, 0.29) is 0 Å². The normalized spacial score (nSPS) is 11.7. The van der Waals surface area contributed by atoms with Crippen LogP contribution in [-0.2, 0) is 0 Å². The molecule has 0 saturated carbocycles. The summed E-state index contributed by atoms with van der Waals surface area (Å²) in [7, 11) is 0. The van der Waals surface area contributed by atoms with Gasteiger partial charge in [-0.2, -0.15) is 0 Å². The number of fused-ring (bicyclic) bond motifs is 8. The van der Waals surface area contributed by atoms with Gasteiger partial charge >= 0.3 is 0 Å². The third-order valence-corrected chi connectivity index (χ3v) is 10.4. The predicted molar refractivity (Wildman–Crippen MR) is 219 cm³/mol. The van der Waals surface area contributed by atoms with Crippen LogP contribution in [0.3, 0.4) is 0 Å². The summed E-state index contributed by atoms with van der Waals surface area (Å²) in [5, 5.41) is 6.31. The van der Waals surface area contributed by atoms with Gasteiger partial charge in [0.05, 0.1) is 0 Å². The van der Waals surface area contributed by atoms with E-state index in [2.05, 4.69) is 127 Å². The minimum atomic E-state index is 0.560. The lowest BCUT2D eigenvalue weighted by Crippen LogP contribution is -2.00. The van der Waals surface area contributed by atoms with Gasteiger partial charge in [0.15, 0.2) is 17.5 Å². The molecule has 11 aromatic rings. The first-order valence-corrected chi connectivity index (χ1v) is 18.0. The van der Waals surface area contributed by atoms with Crippen molar-refractivity contribution >= 4 is 54.6 Å². The van der Waals surface area contributed by atoms with E-state index >= 15 is 0 Å². The Balaban J connectivity index is 1.15.